The Hall–Kier alpha value is -2.13. The third-order valence-electron chi connectivity index (χ3n) is 4.04. The number of sulfonamides is 1. The smallest absolute Gasteiger partial charge is 0.225 e. The summed E-state index contributed by atoms with van der Waals surface area (Å²) in [7, 11) is -3.77. The molecule has 1 saturated heterocycles. The van der Waals surface area contributed by atoms with E-state index in [1.165, 1.54) is 0 Å². The molecule has 0 radical (unpaired) electrons. The topological polar surface area (TPSA) is 75.2 Å². The Balaban J connectivity index is 1.69. The van der Waals surface area contributed by atoms with Gasteiger partial charge in [-0.15, -0.1) is 0 Å². The molecule has 0 unspecified atom stereocenters. The van der Waals surface area contributed by atoms with Crippen molar-refractivity contribution in [3.63, 3.8) is 0 Å². The largest absolute Gasteiger partial charge is 0.341 e. The molecule has 2 heterocycles. The zero-order valence-corrected chi connectivity index (χ0v) is 15.2. The fourth-order valence-electron chi connectivity index (χ4n) is 2.91. The van der Waals surface area contributed by atoms with Gasteiger partial charge in [0.1, 0.15) is 11.6 Å². The first kappa shape index (κ1) is 18.7. The fourth-order valence-corrected chi connectivity index (χ4v) is 3.99. The third-order valence-corrected chi connectivity index (χ3v) is 5.33. The van der Waals surface area contributed by atoms with Crippen molar-refractivity contribution in [3.05, 3.63) is 52.9 Å². The van der Waals surface area contributed by atoms with Crippen LogP contribution < -0.4 is 9.62 Å². The number of aromatic nitrogens is 2. The SMILES string of the molecule is Cc1cc(CNS(=O)(=O)Cc2cc(F)cc(F)c2)nc(N2CCCC2)n1. The second kappa shape index (κ2) is 7.63. The van der Waals surface area contributed by atoms with Crippen molar-refractivity contribution in [2.24, 2.45) is 0 Å². The summed E-state index contributed by atoms with van der Waals surface area (Å²) in [5, 5.41) is 0. The van der Waals surface area contributed by atoms with Crippen molar-refractivity contribution in [1.82, 2.24) is 14.7 Å². The monoisotopic (exact) mass is 382 g/mol. The molecular weight excluding hydrogens is 362 g/mol. The van der Waals surface area contributed by atoms with Crippen LogP contribution in [0.15, 0.2) is 24.3 Å². The lowest BCUT2D eigenvalue weighted by molar-refractivity contribution is 0.574. The van der Waals surface area contributed by atoms with Crippen molar-refractivity contribution in [2.75, 3.05) is 18.0 Å². The Morgan fingerprint density at radius 3 is 2.38 bits per heavy atom. The van der Waals surface area contributed by atoms with Gasteiger partial charge in [-0.3, -0.25) is 0 Å². The van der Waals surface area contributed by atoms with Crippen molar-refractivity contribution in [2.45, 2.75) is 32.1 Å². The van der Waals surface area contributed by atoms with E-state index in [2.05, 4.69) is 19.6 Å². The van der Waals surface area contributed by atoms with E-state index >= 15 is 0 Å². The number of nitrogens with zero attached hydrogens (tertiary/aromatic N) is 3. The van der Waals surface area contributed by atoms with Gasteiger partial charge in [0, 0.05) is 24.8 Å². The normalized spacial score (nSPS) is 14.8. The molecule has 26 heavy (non-hydrogen) atoms. The van der Waals surface area contributed by atoms with Gasteiger partial charge in [-0.1, -0.05) is 0 Å². The maximum Gasteiger partial charge on any atom is 0.225 e. The van der Waals surface area contributed by atoms with Gasteiger partial charge in [-0.05, 0) is 43.5 Å². The number of halogens is 2. The molecule has 0 atom stereocenters. The van der Waals surface area contributed by atoms with Crippen LogP contribution in [-0.2, 0) is 22.3 Å². The zero-order valence-electron chi connectivity index (χ0n) is 14.4. The van der Waals surface area contributed by atoms with Crippen LogP contribution in [0.3, 0.4) is 0 Å². The van der Waals surface area contributed by atoms with Crippen LogP contribution in [0.25, 0.3) is 0 Å². The van der Waals surface area contributed by atoms with Crippen molar-refractivity contribution in [1.29, 1.82) is 0 Å². The molecule has 0 amide bonds. The van der Waals surface area contributed by atoms with Gasteiger partial charge in [-0.25, -0.2) is 31.9 Å². The van der Waals surface area contributed by atoms with Crippen LogP contribution in [0, 0.1) is 18.6 Å². The lowest BCUT2D eigenvalue weighted by Gasteiger charge is -2.16. The average molecular weight is 382 g/mol. The van der Waals surface area contributed by atoms with Gasteiger partial charge in [0.15, 0.2) is 0 Å². The van der Waals surface area contributed by atoms with Crippen LogP contribution in [0.5, 0.6) is 0 Å². The Morgan fingerprint density at radius 2 is 1.73 bits per heavy atom. The van der Waals surface area contributed by atoms with E-state index in [9.17, 15) is 17.2 Å². The maximum absolute atomic E-state index is 13.2. The van der Waals surface area contributed by atoms with E-state index in [0.29, 0.717) is 17.7 Å². The number of hydrogen-bond donors (Lipinski definition) is 1. The maximum atomic E-state index is 13.2. The molecule has 1 aliphatic rings. The summed E-state index contributed by atoms with van der Waals surface area (Å²) in [6.07, 6.45) is 2.17. The highest BCUT2D eigenvalue weighted by atomic mass is 32.2. The first-order chi connectivity index (χ1) is 12.3. The van der Waals surface area contributed by atoms with Crippen LogP contribution in [-0.4, -0.2) is 31.5 Å². The van der Waals surface area contributed by atoms with Crippen LogP contribution in [0.4, 0.5) is 14.7 Å². The summed E-state index contributed by atoms with van der Waals surface area (Å²) in [6.45, 7) is 3.60. The average Bonchev–Trinajstić information content (AvgIpc) is 3.05. The molecule has 1 N–H and O–H groups in total. The molecule has 1 aromatic carbocycles. The molecule has 1 aliphatic heterocycles. The second-order valence-corrected chi connectivity index (χ2v) is 8.16. The molecule has 3 rings (SSSR count). The van der Waals surface area contributed by atoms with Crippen LogP contribution >= 0.6 is 0 Å². The highest BCUT2D eigenvalue weighted by Crippen LogP contribution is 2.17. The predicted octanol–water partition coefficient (Wildman–Crippen LogP) is 2.28. The first-order valence-electron chi connectivity index (χ1n) is 8.32. The minimum atomic E-state index is -3.77. The Bertz CT molecular complexity index is 879. The summed E-state index contributed by atoms with van der Waals surface area (Å²) in [4.78, 5) is 10.9. The highest BCUT2D eigenvalue weighted by Gasteiger charge is 2.17. The van der Waals surface area contributed by atoms with Gasteiger partial charge in [0.2, 0.25) is 16.0 Å². The Morgan fingerprint density at radius 1 is 1.08 bits per heavy atom. The van der Waals surface area contributed by atoms with Crippen molar-refractivity contribution < 1.29 is 17.2 Å². The molecule has 0 saturated carbocycles. The Kier molecular flexibility index (Phi) is 5.47. The predicted molar refractivity (Wildman–Crippen MR) is 94.0 cm³/mol. The summed E-state index contributed by atoms with van der Waals surface area (Å²) in [5.41, 5.74) is 1.35. The van der Waals surface area contributed by atoms with Gasteiger partial charge in [0.25, 0.3) is 0 Å². The fraction of sp³-hybridized carbons (Fsp3) is 0.412. The summed E-state index contributed by atoms with van der Waals surface area (Å²) in [6, 6.07) is 4.42. The molecule has 0 bridgehead atoms. The van der Waals surface area contributed by atoms with E-state index in [-0.39, 0.29) is 12.1 Å². The van der Waals surface area contributed by atoms with Crippen LogP contribution in [0.1, 0.15) is 29.8 Å². The highest BCUT2D eigenvalue weighted by molar-refractivity contribution is 7.88. The number of aryl methyl sites for hydroxylation is 1. The zero-order chi connectivity index (χ0) is 18.7. The minimum Gasteiger partial charge on any atom is -0.341 e. The van der Waals surface area contributed by atoms with Gasteiger partial charge in [-0.2, -0.15) is 0 Å². The third kappa shape index (κ3) is 4.95. The molecule has 9 heteroatoms. The van der Waals surface area contributed by atoms with E-state index < -0.39 is 27.4 Å². The van der Waals surface area contributed by atoms with Crippen LogP contribution in [0.2, 0.25) is 0 Å². The van der Waals surface area contributed by atoms with Gasteiger partial charge >= 0.3 is 0 Å². The quantitative estimate of drug-likeness (QED) is 0.830. The molecular formula is C17H20F2N4O2S. The number of nitrogens with one attached hydrogen (secondary N) is 1. The summed E-state index contributed by atoms with van der Waals surface area (Å²) in [5.74, 6) is -1.53. The van der Waals surface area contributed by atoms with Crippen molar-refractivity contribution in [3.8, 4) is 0 Å². The van der Waals surface area contributed by atoms with E-state index in [1.807, 2.05) is 6.92 Å². The van der Waals surface area contributed by atoms with E-state index in [0.717, 1.165) is 43.8 Å². The van der Waals surface area contributed by atoms with Gasteiger partial charge < -0.3 is 4.90 Å². The number of benzene rings is 1. The lowest BCUT2D eigenvalue weighted by atomic mass is 10.2. The number of anilines is 1. The number of rotatable bonds is 6. The standard InChI is InChI=1S/C17H20F2N4O2S/c1-12-6-16(22-17(21-12)23-4-2-3-5-23)10-20-26(24,25)11-13-7-14(18)9-15(19)8-13/h6-9,20H,2-5,10-11H2,1H3. The molecule has 0 spiro atoms. The lowest BCUT2D eigenvalue weighted by Crippen LogP contribution is -2.26. The second-order valence-electron chi connectivity index (χ2n) is 6.35. The van der Waals surface area contributed by atoms with Gasteiger partial charge in [0.05, 0.1) is 18.0 Å². The summed E-state index contributed by atoms with van der Waals surface area (Å²) >= 11 is 0. The molecule has 6 nitrogen and oxygen atoms in total. The Labute approximate surface area is 151 Å². The molecule has 140 valence electrons. The van der Waals surface area contributed by atoms with E-state index in [1.54, 1.807) is 6.07 Å². The molecule has 1 aromatic heterocycles. The molecule has 0 aliphatic carbocycles. The molecule has 2 aromatic rings. The first-order valence-corrected chi connectivity index (χ1v) is 9.98. The van der Waals surface area contributed by atoms with Crippen molar-refractivity contribution >= 4 is 16.0 Å². The molecule has 1 fully saturated rings. The van der Waals surface area contributed by atoms with E-state index in [4.69, 9.17) is 0 Å². The minimum absolute atomic E-state index is 0.00959. The number of hydrogen-bond acceptors (Lipinski definition) is 5. The summed E-state index contributed by atoms with van der Waals surface area (Å²) < 4.78 is 53.3.